The van der Waals surface area contributed by atoms with Crippen molar-refractivity contribution in [3.8, 4) is 0 Å². The monoisotopic (exact) mass is 176 g/mol. The summed E-state index contributed by atoms with van der Waals surface area (Å²) in [7, 11) is 0. The first-order valence-corrected chi connectivity index (χ1v) is 3.81. The van der Waals surface area contributed by atoms with Crippen LogP contribution in [0.25, 0.3) is 0 Å². The van der Waals surface area contributed by atoms with Gasteiger partial charge in [-0.1, -0.05) is 0 Å². The van der Waals surface area contributed by atoms with Crippen molar-refractivity contribution in [2.24, 2.45) is 0 Å². The predicted octanol–water partition coefficient (Wildman–Crippen LogP) is -0.574. The zero-order chi connectivity index (χ0) is 8.39. The van der Waals surface area contributed by atoms with Crippen LogP contribution in [0.2, 0.25) is 0 Å². The van der Waals surface area contributed by atoms with Crippen LogP contribution in [0.15, 0.2) is 0 Å². The third kappa shape index (κ3) is 2.63. The van der Waals surface area contributed by atoms with E-state index in [-0.39, 0.29) is 30.5 Å². The molecule has 0 amide bonds. The van der Waals surface area contributed by atoms with Gasteiger partial charge in [0.05, 0.1) is 13.2 Å². The molecule has 0 radical (unpaired) electrons. The fourth-order valence-electron chi connectivity index (χ4n) is 0.654. The highest BCUT2D eigenvalue weighted by Crippen LogP contribution is 2.10. The highest BCUT2D eigenvalue weighted by molar-refractivity contribution is 4.66. The molecule has 0 N–H and O–H groups in total. The summed E-state index contributed by atoms with van der Waals surface area (Å²) < 4.78 is 9.65. The molecular formula is C6H10NO5+. The molecule has 2 saturated heterocycles. The molecule has 2 rings (SSSR count). The third-order valence-corrected chi connectivity index (χ3v) is 1.54. The summed E-state index contributed by atoms with van der Waals surface area (Å²) >= 11 is 0. The van der Waals surface area contributed by atoms with Crippen molar-refractivity contribution in [1.82, 2.24) is 0 Å². The second-order valence-electron chi connectivity index (χ2n) is 2.73. The lowest BCUT2D eigenvalue weighted by Gasteiger charge is -1.89. The topological polar surface area (TPSA) is 63.6 Å². The van der Waals surface area contributed by atoms with Crippen LogP contribution in [-0.2, 0) is 19.1 Å². The Morgan fingerprint density at radius 2 is 1.58 bits per heavy atom. The van der Waals surface area contributed by atoms with Crippen LogP contribution >= 0.6 is 0 Å². The van der Waals surface area contributed by atoms with Gasteiger partial charge in [-0.25, -0.2) is 0 Å². The summed E-state index contributed by atoms with van der Waals surface area (Å²) in [5.74, 6) is 0. The molecule has 12 heavy (non-hydrogen) atoms. The average molecular weight is 176 g/mol. The van der Waals surface area contributed by atoms with Gasteiger partial charge in [0, 0.05) is 0 Å². The number of hydrogen-bond acceptors (Lipinski definition) is 5. The molecular weight excluding hydrogens is 166 g/mol. The Balaban J connectivity index is 1.50. The molecule has 0 aliphatic carbocycles. The zero-order valence-corrected chi connectivity index (χ0v) is 6.47. The maximum atomic E-state index is 10.7. The molecule has 2 aliphatic rings. The smallest absolute Gasteiger partial charge is 0.369 e. The van der Waals surface area contributed by atoms with E-state index in [2.05, 4.69) is 9.68 Å². The maximum Gasteiger partial charge on any atom is 0.477 e. The largest absolute Gasteiger partial charge is 0.477 e. The maximum absolute atomic E-state index is 10.7. The quantitative estimate of drug-likeness (QED) is 0.400. The van der Waals surface area contributed by atoms with Gasteiger partial charge in [-0.2, -0.15) is 9.68 Å². The van der Waals surface area contributed by atoms with Crippen LogP contribution < -0.4 is 0 Å². The van der Waals surface area contributed by atoms with Gasteiger partial charge in [0.15, 0.2) is 13.2 Å². The van der Waals surface area contributed by atoms with E-state index in [4.69, 9.17) is 9.47 Å². The first-order valence-electron chi connectivity index (χ1n) is 3.81. The molecule has 0 unspecified atom stereocenters. The van der Waals surface area contributed by atoms with Crippen molar-refractivity contribution < 1.29 is 24.2 Å². The number of epoxide rings is 2. The summed E-state index contributed by atoms with van der Waals surface area (Å²) in [6, 6.07) is 0. The van der Waals surface area contributed by atoms with Crippen LogP contribution in [0.5, 0.6) is 0 Å². The molecule has 6 nitrogen and oxygen atoms in total. The molecule has 0 saturated carbocycles. The van der Waals surface area contributed by atoms with E-state index in [1.54, 1.807) is 0 Å². The zero-order valence-electron chi connectivity index (χ0n) is 6.47. The lowest BCUT2D eigenvalue weighted by Crippen LogP contribution is -2.16. The fourth-order valence-corrected chi connectivity index (χ4v) is 0.654. The predicted molar refractivity (Wildman–Crippen MR) is 35.0 cm³/mol. The number of ether oxygens (including phenoxy) is 2. The van der Waals surface area contributed by atoms with E-state index in [0.29, 0.717) is 13.2 Å². The van der Waals surface area contributed by atoms with Crippen LogP contribution in [0.4, 0.5) is 0 Å². The first kappa shape index (κ1) is 7.75. The minimum atomic E-state index is 0.0715. The number of nitrogens with zero attached hydrogens (tertiary/aromatic N) is 1. The Kier molecular flexibility index (Phi) is 2.09. The van der Waals surface area contributed by atoms with Crippen molar-refractivity contribution in [3.05, 3.63) is 4.91 Å². The van der Waals surface area contributed by atoms with Gasteiger partial charge in [0.1, 0.15) is 17.1 Å². The second kappa shape index (κ2) is 3.24. The third-order valence-electron chi connectivity index (χ3n) is 1.54. The lowest BCUT2D eigenvalue weighted by atomic mass is 10.5. The SMILES string of the molecule is O=[N+](OC[C@@H]1CO1)OC[C@@H]1CO1. The molecule has 0 aromatic carbocycles. The molecule has 6 heteroatoms. The Morgan fingerprint density at radius 1 is 1.17 bits per heavy atom. The van der Waals surface area contributed by atoms with Gasteiger partial charge in [-0.05, 0) is 0 Å². The Morgan fingerprint density at radius 3 is 1.92 bits per heavy atom. The summed E-state index contributed by atoms with van der Waals surface area (Å²) in [6.07, 6.45) is 0.143. The normalized spacial score (nSPS) is 31.0. The number of hydrogen-bond donors (Lipinski definition) is 0. The minimum Gasteiger partial charge on any atom is -0.369 e. The highest BCUT2D eigenvalue weighted by Gasteiger charge is 2.31. The van der Waals surface area contributed by atoms with Gasteiger partial charge in [-0.15, -0.1) is 0 Å². The summed E-state index contributed by atoms with van der Waals surface area (Å²) in [5, 5.41) is 0.114. The first-order chi connectivity index (χ1) is 5.84. The van der Waals surface area contributed by atoms with E-state index < -0.39 is 0 Å². The molecule has 0 bridgehead atoms. The molecule has 2 aliphatic heterocycles. The van der Waals surface area contributed by atoms with E-state index >= 15 is 0 Å². The van der Waals surface area contributed by atoms with Gasteiger partial charge in [0.25, 0.3) is 0 Å². The van der Waals surface area contributed by atoms with E-state index in [1.165, 1.54) is 0 Å². The van der Waals surface area contributed by atoms with Crippen molar-refractivity contribution in [2.75, 3.05) is 26.4 Å². The Labute approximate surface area is 68.8 Å². The molecule has 68 valence electrons. The summed E-state index contributed by atoms with van der Waals surface area (Å²) in [5.41, 5.74) is 0. The fraction of sp³-hybridized carbons (Fsp3) is 1.00. The molecule has 2 atom stereocenters. The van der Waals surface area contributed by atoms with Gasteiger partial charge >= 0.3 is 5.09 Å². The molecule has 0 aromatic rings. The van der Waals surface area contributed by atoms with Gasteiger partial charge < -0.3 is 9.47 Å². The van der Waals surface area contributed by atoms with Crippen molar-refractivity contribution >= 4 is 0 Å². The molecule has 0 aromatic heterocycles. The molecule has 2 fully saturated rings. The van der Waals surface area contributed by atoms with Crippen molar-refractivity contribution in [3.63, 3.8) is 0 Å². The van der Waals surface area contributed by atoms with Crippen LogP contribution in [0, 0.1) is 4.91 Å². The molecule has 0 spiro atoms. The molecule has 2 heterocycles. The standard InChI is InChI=1S/C6H10NO5/c8-7(11-3-5-1-9-5)12-4-6-2-10-6/h5-6H,1-4H2/q+1/t5-,6-/m0/s1. The lowest BCUT2D eigenvalue weighted by molar-refractivity contribution is -0.981. The van der Waals surface area contributed by atoms with Crippen LogP contribution in [0.1, 0.15) is 0 Å². The van der Waals surface area contributed by atoms with Gasteiger partial charge in [0.2, 0.25) is 0 Å². The average Bonchev–Trinajstić information content (AvgIpc) is 2.89. The Hall–Kier alpha value is -0.880. The minimum absolute atomic E-state index is 0.0715. The van der Waals surface area contributed by atoms with Gasteiger partial charge in [-0.3, -0.25) is 0 Å². The van der Waals surface area contributed by atoms with Crippen molar-refractivity contribution in [1.29, 1.82) is 0 Å². The summed E-state index contributed by atoms with van der Waals surface area (Å²) in [6.45, 7) is 1.85. The highest BCUT2D eigenvalue weighted by atomic mass is 17.0. The second-order valence-corrected chi connectivity index (χ2v) is 2.73. The van der Waals surface area contributed by atoms with E-state index in [1.807, 2.05) is 0 Å². The van der Waals surface area contributed by atoms with E-state index in [0.717, 1.165) is 0 Å². The Bertz CT molecular complexity index is 159. The van der Waals surface area contributed by atoms with Crippen molar-refractivity contribution in [2.45, 2.75) is 12.2 Å². The van der Waals surface area contributed by atoms with Crippen LogP contribution in [-0.4, -0.2) is 43.7 Å². The van der Waals surface area contributed by atoms with Crippen LogP contribution in [0.3, 0.4) is 0 Å². The van der Waals surface area contributed by atoms with E-state index in [9.17, 15) is 4.91 Å². The summed E-state index contributed by atoms with van der Waals surface area (Å²) in [4.78, 5) is 19.9. The number of rotatable bonds is 6.